The van der Waals surface area contributed by atoms with Crippen molar-refractivity contribution >= 4 is 0 Å². The Balaban J connectivity index is 2.07. The van der Waals surface area contributed by atoms with Crippen LogP contribution < -0.4 is 0 Å². The summed E-state index contributed by atoms with van der Waals surface area (Å²) in [5, 5.41) is 13.6. The van der Waals surface area contributed by atoms with Crippen molar-refractivity contribution in [2.24, 2.45) is 0 Å². The number of phenols is 1. The molecule has 0 saturated carbocycles. The normalized spacial score (nSPS) is 10.7. The van der Waals surface area contributed by atoms with Crippen LogP contribution in [-0.2, 0) is 0 Å². The third-order valence-corrected chi connectivity index (χ3v) is 3.00. The maximum absolute atomic E-state index is 13.3. The Bertz CT molecular complexity index is 768. The average molecular weight is 270 g/mol. The van der Waals surface area contributed by atoms with Crippen molar-refractivity contribution in [2.75, 3.05) is 0 Å². The van der Waals surface area contributed by atoms with E-state index in [1.165, 1.54) is 18.2 Å². The van der Waals surface area contributed by atoms with Gasteiger partial charge in [-0.25, -0.2) is 4.39 Å². The summed E-state index contributed by atoms with van der Waals surface area (Å²) in [5.74, 6) is 0.181. The van der Waals surface area contributed by atoms with E-state index in [1.54, 1.807) is 24.3 Å². The molecular formula is C15H11FN2O2. The van der Waals surface area contributed by atoms with E-state index in [0.717, 1.165) is 5.56 Å². The number of phenolic OH excluding ortho intramolecular Hbond substituents is 1. The number of rotatable bonds is 2. The van der Waals surface area contributed by atoms with Crippen LogP contribution in [0.15, 0.2) is 47.0 Å². The van der Waals surface area contributed by atoms with Gasteiger partial charge in [-0.05, 0) is 36.8 Å². The van der Waals surface area contributed by atoms with Crippen LogP contribution in [0.3, 0.4) is 0 Å². The molecule has 0 aliphatic carbocycles. The van der Waals surface area contributed by atoms with Gasteiger partial charge in [0.2, 0.25) is 5.82 Å². The molecule has 1 aromatic heterocycles. The molecule has 0 radical (unpaired) electrons. The topological polar surface area (TPSA) is 59.2 Å². The molecule has 3 rings (SSSR count). The fourth-order valence-electron chi connectivity index (χ4n) is 1.93. The lowest BCUT2D eigenvalue weighted by molar-refractivity contribution is 0.425. The molecule has 0 bridgehead atoms. The lowest BCUT2D eigenvalue weighted by Gasteiger charge is -2.00. The van der Waals surface area contributed by atoms with Crippen molar-refractivity contribution in [3.63, 3.8) is 0 Å². The predicted octanol–water partition coefficient (Wildman–Crippen LogP) is 3.56. The number of halogens is 1. The van der Waals surface area contributed by atoms with Gasteiger partial charge in [-0.2, -0.15) is 4.98 Å². The highest BCUT2D eigenvalue weighted by Crippen LogP contribution is 2.29. The first kappa shape index (κ1) is 12.3. The number of benzene rings is 2. The van der Waals surface area contributed by atoms with Gasteiger partial charge in [-0.15, -0.1) is 0 Å². The zero-order valence-electron chi connectivity index (χ0n) is 10.7. The number of hydrogen-bond donors (Lipinski definition) is 1. The Morgan fingerprint density at radius 1 is 1.10 bits per heavy atom. The van der Waals surface area contributed by atoms with Crippen LogP contribution >= 0.6 is 0 Å². The van der Waals surface area contributed by atoms with Gasteiger partial charge < -0.3 is 9.63 Å². The second kappa shape index (κ2) is 4.77. The summed E-state index contributed by atoms with van der Waals surface area (Å²) in [4.78, 5) is 4.21. The SMILES string of the molecule is Cc1ccc(F)cc1-c1noc(-c2ccccc2O)n1. The van der Waals surface area contributed by atoms with E-state index >= 15 is 0 Å². The minimum atomic E-state index is -0.362. The van der Waals surface area contributed by atoms with Crippen molar-refractivity contribution in [1.29, 1.82) is 0 Å². The van der Waals surface area contributed by atoms with E-state index in [9.17, 15) is 9.50 Å². The van der Waals surface area contributed by atoms with Crippen molar-refractivity contribution < 1.29 is 14.0 Å². The smallest absolute Gasteiger partial charge is 0.261 e. The molecule has 0 saturated heterocycles. The molecule has 20 heavy (non-hydrogen) atoms. The van der Waals surface area contributed by atoms with E-state index in [1.807, 2.05) is 6.92 Å². The van der Waals surface area contributed by atoms with Crippen LogP contribution in [0.25, 0.3) is 22.8 Å². The summed E-state index contributed by atoms with van der Waals surface area (Å²) >= 11 is 0. The Labute approximate surface area is 114 Å². The van der Waals surface area contributed by atoms with E-state index < -0.39 is 0 Å². The zero-order valence-corrected chi connectivity index (χ0v) is 10.7. The summed E-state index contributed by atoms with van der Waals surface area (Å²) in [6.07, 6.45) is 0. The van der Waals surface area contributed by atoms with E-state index in [4.69, 9.17) is 4.52 Å². The van der Waals surface area contributed by atoms with Gasteiger partial charge in [0.25, 0.3) is 5.89 Å². The largest absolute Gasteiger partial charge is 0.507 e. The number of nitrogens with zero attached hydrogens (tertiary/aromatic N) is 2. The summed E-state index contributed by atoms with van der Waals surface area (Å²) in [6.45, 7) is 1.84. The van der Waals surface area contributed by atoms with Crippen molar-refractivity contribution in [2.45, 2.75) is 6.92 Å². The first-order chi connectivity index (χ1) is 9.65. The van der Waals surface area contributed by atoms with Crippen LogP contribution in [0.4, 0.5) is 4.39 Å². The summed E-state index contributed by atoms with van der Waals surface area (Å²) in [6, 6.07) is 11.1. The quantitative estimate of drug-likeness (QED) is 0.773. The third kappa shape index (κ3) is 2.14. The molecule has 0 spiro atoms. The molecule has 0 amide bonds. The minimum Gasteiger partial charge on any atom is -0.507 e. The molecule has 1 heterocycles. The van der Waals surface area contributed by atoms with Crippen molar-refractivity contribution in [3.05, 3.63) is 53.8 Å². The fraction of sp³-hybridized carbons (Fsp3) is 0.0667. The molecule has 4 nitrogen and oxygen atoms in total. The molecule has 100 valence electrons. The molecule has 0 aliphatic heterocycles. The Morgan fingerprint density at radius 3 is 2.70 bits per heavy atom. The van der Waals surface area contributed by atoms with Gasteiger partial charge >= 0.3 is 0 Å². The minimum absolute atomic E-state index is 0.0543. The third-order valence-electron chi connectivity index (χ3n) is 3.00. The summed E-state index contributed by atoms with van der Waals surface area (Å²) < 4.78 is 18.4. The molecule has 0 aliphatic rings. The zero-order chi connectivity index (χ0) is 14.1. The highest BCUT2D eigenvalue weighted by atomic mass is 19.1. The van der Waals surface area contributed by atoms with Crippen LogP contribution in [0.5, 0.6) is 5.75 Å². The molecule has 3 aromatic rings. The Hall–Kier alpha value is -2.69. The van der Waals surface area contributed by atoms with Crippen LogP contribution in [0.2, 0.25) is 0 Å². The van der Waals surface area contributed by atoms with E-state index in [-0.39, 0.29) is 17.5 Å². The molecule has 0 atom stereocenters. The molecule has 0 fully saturated rings. The standard InChI is InChI=1S/C15H11FN2O2/c1-9-6-7-10(16)8-12(9)14-17-15(20-18-14)11-4-2-3-5-13(11)19/h2-8,19H,1H3. The fourth-order valence-corrected chi connectivity index (χ4v) is 1.93. The number of aromatic nitrogens is 2. The number of para-hydroxylation sites is 1. The van der Waals surface area contributed by atoms with E-state index in [0.29, 0.717) is 17.0 Å². The Kier molecular flexibility index (Phi) is 2.95. The lowest BCUT2D eigenvalue weighted by Crippen LogP contribution is -1.87. The first-order valence-electron chi connectivity index (χ1n) is 6.04. The maximum atomic E-state index is 13.3. The van der Waals surface area contributed by atoms with Crippen LogP contribution in [0.1, 0.15) is 5.56 Å². The number of aryl methyl sites for hydroxylation is 1. The van der Waals surface area contributed by atoms with Gasteiger partial charge in [0.15, 0.2) is 0 Å². The highest BCUT2D eigenvalue weighted by Gasteiger charge is 2.15. The monoisotopic (exact) mass is 270 g/mol. The Morgan fingerprint density at radius 2 is 1.90 bits per heavy atom. The second-order valence-electron chi connectivity index (χ2n) is 4.40. The highest BCUT2D eigenvalue weighted by molar-refractivity contribution is 5.66. The second-order valence-corrected chi connectivity index (χ2v) is 4.40. The number of hydrogen-bond acceptors (Lipinski definition) is 4. The molecule has 5 heteroatoms. The predicted molar refractivity (Wildman–Crippen MR) is 71.5 cm³/mol. The van der Waals surface area contributed by atoms with Gasteiger partial charge in [0.05, 0.1) is 5.56 Å². The van der Waals surface area contributed by atoms with Gasteiger partial charge in [-0.1, -0.05) is 23.4 Å². The molecule has 1 N–H and O–H groups in total. The summed E-state index contributed by atoms with van der Waals surface area (Å²) in [7, 11) is 0. The van der Waals surface area contributed by atoms with Gasteiger partial charge in [0, 0.05) is 5.56 Å². The average Bonchev–Trinajstić information content (AvgIpc) is 2.91. The van der Waals surface area contributed by atoms with Gasteiger partial charge in [-0.3, -0.25) is 0 Å². The maximum Gasteiger partial charge on any atom is 0.261 e. The van der Waals surface area contributed by atoms with Crippen molar-refractivity contribution in [3.8, 4) is 28.6 Å². The molecule has 2 aromatic carbocycles. The van der Waals surface area contributed by atoms with E-state index in [2.05, 4.69) is 10.1 Å². The molecular weight excluding hydrogens is 259 g/mol. The first-order valence-corrected chi connectivity index (χ1v) is 6.04. The van der Waals surface area contributed by atoms with Crippen molar-refractivity contribution in [1.82, 2.24) is 10.1 Å². The lowest BCUT2D eigenvalue weighted by atomic mass is 10.1. The molecule has 0 unspecified atom stereocenters. The number of aromatic hydroxyl groups is 1. The van der Waals surface area contributed by atoms with Crippen LogP contribution in [-0.4, -0.2) is 15.2 Å². The van der Waals surface area contributed by atoms with Gasteiger partial charge in [0.1, 0.15) is 11.6 Å². The van der Waals surface area contributed by atoms with Crippen LogP contribution in [0, 0.1) is 12.7 Å². The summed E-state index contributed by atoms with van der Waals surface area (Å²) in [5.41, 5.74) is 1.85.